The lowest BCUT2D eigenvalue weighted by atomic mass is 10.2. The zero-order valence-corrected chi connectivity index (χ0v) is 8.14. The fourth-order valence-electron chi connectivity index (χ4n) is 0.689. The van der Waals surface area contributed by atoms with Crippen LogP contribution in [0.4, 0.5) is 0 Å². The van der Waals surface area contributed by atoms with Gasteiger partial charge in [-0.05, 0) is 18.2 Å². The number of halogens is 2. The standard InChI is InChI=1S/C7H5Cl2OP/c8-4-1-2-5(7(10)11)6(9)3-4/h1-3H,11H2. The number of benzene rings is 1. The Morgan fingerprint density at radius 1 is 1.36 bits per heavy atom. The third-order valence-corrected chi connectivity index (χ3v) is 2.06. The van der Waals surface area contributed by atoms with Crippen molar-refractivity contribution >= 4 is 38.0 Å². The minimum atomic E-state index is -0.133. The van der Waals surface area contributed by atoms with Gasteiger partial charge in [0.1, 0.15) is 0 Å². The summed E-state index contributed by atoms with van der Waals surface area (Å²) in [6.07, 6.45) is 0. The molecule has 0 aliphatic rings. The fourth-order valence-corrected chi connectivity index (χ4v) is 1.53. The number of rotatable bonds is 1. The van der Waals surface area contributed by atoms with Gasteiger partial charge in [-0.25, -0.2) is 0 Å². The van der Waals surface area contributed by atoms with Crippen LogP contribution in [0.3, 0.4) is 0 Å². The van der Waals surface area contributed by atoms with Crippen LogP contribution >= 0.6 is 32.4 Å². The first kappa shape index (κ1) is 8.99. The average molecular weight is 207 g/mol. The zero-order chi connectivity index (χ0) is 8.43. The summed E-state index contributed by atoms with van der Waals surface area (Å²) in [6, 6.07) is 4.77. The van der Waals surface area contributed by atoms with E-state index in [0.29, 0.717) is 15.6 Å². The highest BCUT2D eigenvalue weighted by molar-refractivity contribution is 7.41. The largest absolute Gasteiger partial charge is 0.290 e. The molecule has 0 saturated heterocycles. The Bertz CT molecular complexity index is 298. The highest BCUT2D eigenvalue weighted by Gasteiger charge is 2.04. The maximum atomic E-state index is 10.8. The van der Waals surface area contributed by atoms with Crippen molar-refractivity contribution in [1.82, 2.24) is 0 Å². The first-order valence-electron chi connectivity index (χ1n) is 2.86. The summed E-state index contributed by atoms with van der Waals surface area (Å²) in [5.74, 6) is 0. The second kappa shape index (κ2) is 3.53. The summed E-state index contributed by atoms with van der Waals surface area (Å²) in [5, 5.41) is 0.919. The van der Waals surface area contributed by atoms with Crippen LogP contribution in [-0.4, -0.2) is 5.52 Å². The Morgan fingerprint density at radius 2 is 2.00 bits per heavy atom. The molecule has 4 heteroatoms. The van der Waals surface area contributed by atoms with E-state index in [0.717, 1.165) is 0 Å². The van der Waals surface area contributed by atoms with Gasteiger partial charge in [0, 0.05) is 10.6 Å². The summed E-state index contributed by atoms with van der Waals surface area (Å²) in [6.45, 7) is 0. The van der Waals surface area contributed by atoms with Crippen LogP contribution in [0.2, 0.25) is 10.0 Å². The van der Waals surface area contributed by atoms with E-state index in [1.165, 1.54) is 0 Å². The van der Waals surface area contributed by atoms with Gasteiger partial charge >= 0.3 is 0 Å². The summed E-state index contributed by atoms with van der Waals surface area (Å²) in [4.78, 5) is 10.8. The monoisotopic (exact) mass is 206 g/mol. The smallest absolute Gasteiger partial charge is 0.179 e. The summed E-state index contributed by atoms with van der Waals surface area (Å²) >= 11 is 11.3. The lowest BCUT2D eigenvalue weighted by Gasteiger charge is -1.98. The normalized spacial score (nSPS) is 9.73. The van der Waals surface area contributed by atoms with E-state index in [-0.39, 0.29) is 5.52 Å². The summed E-state index contributed by atoms with van der Waals surface area (Å²) in [5.41, 5.74) is 0.340. The molecule has 0 spiro atoms. The average Bonchev–Trinajstić information content (AvgIpc) is 1.85. The molecule has 0 saturated carbocycles. The third-order valence-electron chi connectivity index (χ3n) is 1.20. The maximum absolute atomic E-state index is 10.8. The molecular weight excluding hydrogens is 202 g/mol. The van der Waals surface area contributed by atoms with Crippen LogP contribution in [-0.2, 0) is 0 Å². The van der Waals surface area contributed by atoms with Gasteiger partial charge in [-0.1, -0.05) is 32.4 Å². The molecule has 0 aliphatic heterocycles. The number of carbonyl (C=O) groups is 1. The second-order valence-electron chi connectivity index (χ2n) is 1.99. The molecule has 11 heavy (non-hydrogen) atoms. The number of hydrogen-bond acceptors (Lipinski definition) is 1. The molecule has 0 N–H and O–H groups in total. The maximum Gasteiger partial charge on any atom is 0.179 e. The van der Waals surface area contributed by atoms with Gasteiger partial charge in [0.15, 0.2) is 5.52 Å². The van der Waals surface area contributed by atoms with Crippen molar-refractivity contribution in [3.05, 3.63) is 33.8 Å². The minimum absolute atomic E-state index is 0.133. The Balaban J connectivity index is 3.20. The second-order valence-corrected chi connectivity index (χ2v) is 3.36. The van der Waals surface area contributed by atoms with Gasteiger partial charge in [-0.3, -0.25) is 4.79 Å². The first-order valence-corrected chi connectivity index (χ1v) is 4.19. The molecule has 0 radical (unpaired) electrons. The molecular formula is C7H5Cl2OP. The third kappa shape index (κ3) is 2.16. The fraction of sp³-hybridized carbons (Fsp3) is 0. The zero-order valence-electron chi connectivity index (χ0n) is 5.47. The van der Waals surface area contributed by atoms with E-state index < -0.39 is 0 Å². The molecule has 0 aliphatic carbocycles. The van der Waals surface area contributed by atoms with Crippen LogP contribution in [0.15, 0.2) is 18.2 Å². The molecule has 1 nitrogen and oxygen atoms in total. The highest BCUT2D eigenvalue weighted by Crippen LogP contribution is 2.22. The summed E-state index contributed by atoms with van der Waals surface area (Å²) in [7, 11) is 2.06. The lowest BCUT2D eigenvalue weighted by molar-refractivity contribution is 0.108. The molecule has 0 fully saturated rings. The molecule has 1 unspecified atom stereocenters. The first-order chi connectivity index (χ1) is 5.11. The predicted molar refractivity (Wildman–Crippen MR) is 50.5 cm³/mol. The molecule has 0 bridgehead atoms. The van der Waals surface area contributed by atoms with Crippen LogP contribution in [0.25, 0.3) is 0 Å². The molecule has 1 atom stereocenters. The molecule has 58 valence electrons. The van der Waals surface area contributed by atoms with Gasteiger partial charge in [-0.15, -0.1) is 0 Å². The number of hydrogen-bond donors (Lipinski definition) is 0. The van der Waals surface area contributed by atoms with Crippen molar-refractivity contribution in [2.75, 3.05) is 0 Å². The van der Waals surface area contributed by atoms with E-state index >= 15 is 0 Å². The molecule has 1 aromatic rings. The van der Waals surface area contributed by atoms with E-state index in [1.807, 2.05) is 0 Å². The van der Waals surface area contributed by atoms with Crippen molar-refractivity contribution in [2.45, 2.75) is 0 Å². The topological polar surface area (TPSA) is 17.1 Å². The van der Waals surface area contributed by atoms with Crippen LogP contribution < -0.4 is 0 Å². The minimum Gasteiger partial charge on any atom is -0.290 e. The van der Waals surface area contributed by atoms with E-state index in [1.54, 1.807) is 18.2 Å². The van der Waals surface area contributed by atoms with Crippen LogP contribution in [0.1, 0.15) is 10.4 Å². The van der Waals surface area contributed by atoms with Crippen molar-refractivity contribution < 1.29 is 4.79 Å². The van der Waals surface area contributed by atoms with Crippen molar-refractivity contribution in [3.8, 4) is 0 Å². The van der Waals surface area contributed by atoms with Crippen LogP contribution in [0, 0.1) is 0 Å². The van der Waals surface area contributed by atoms with Crippen molar-refractivity contribution in [2.24, 2.45) is 0 Å². The van der Waals surface area contributed by atoms with E-state index in [4.69, 9.17) is 23.2 Å². The van der Waals surface area contributed by atoms with E-state index in [9.17, 15) is 4.79 Å². The van der Waals surface area contributed by atoms with Crippen LogP contribution in [0.5, 0.6) is 0 Å². The highest BCUT2D eigenvalue weighted by atomic mass is 35.5. The van der Waals surface area contributed by atoms with Gasteiger partial charge in [0.05, 0.1) is 5.02 Å². The molecule has 0 amide bonds. The molecule has 0 heterocycles. The summed E-state index contributed by atoms with van der Waals surface area (Å²) < 4.78 is 0. The van der Waals surface area contributed by atoms with Gasteiger partial charge in [-0.2, -0.15) is 0 Å². The Kier molecular flexibility index (Phi) is 2.89. The van der Waals surface area contributed by atoms with E-state index in [2.05, 4.69) is 9.24 Å². The molecule has 1 rings (SSSR count). The van der Waals surface area contributed by atoms with Gasteiger partial charge in [0.25, 0.3) is 0 Å². The Labute approximate surface area is 76.9 Å². The number of carbonyl (C=O) groups excluding carboxylic acids is 1. The van der Waals surface area contributed by atoms with Gasteiger partial charge < -0.3 is 0 Å². The lowest BCUT2D eigenvalue weighted by Crippen LogP contribution is -1.88. The molecule has 0 aromatic heterocycles. The Hall–Kier alpha value is -0.100. The Morgan fingerprint density at radius 3 is 2.45 bits per heavy atom. The van der Waals surface area contributed by atoms with Crippen molar-refractivity contribution in [3.63, 3.8) is 0 Å². The molecule has 1 aromatic carbocycles. The van der Waals surface area contributed by atoms with Crippen molar-refractivity contribution in [1.29, 1.82) is 0 Å². The van der Waals surface area contributed by atoms with Gasteiger partial charge in [0.2, 0.25) is 0 Å². The predicted octanol–water partition coefficient (Wildman–Crippen LogP) is 3.01. The SMILES string of the molecule is O=C(P)c1ccc(Cl)cc1Cl. The quantitative estimate of drug-likeness (QED) is 0.646.